The minimum absolute atomic E-state index is 0.0228. The molecule has 0 saturated carbocycles. The maximum atomic E-state index is 13.6. The summed E-state index contributed by atoms with van der Waals surface area (Å²) in [6.45, 7) is 5.26. The Bertz CT molecular complexity index is 1490. The van der Waals surface area contributed by atoms with Crippen LogP contribution >= 0.6 is 0 Å². The van der Waals surface area contributed by atoms with Crippen LogP contribution in [0.15, 0.2) is 82.1 Å². The van der Waals surface area contributed by atoms with Gasteiger partial charge in [0.15, 0.2) is 0 Å². The molecule has 0 aliphatic carbocycles. The number of para-hydroxylation sites is 1. The fourth-order valence-electron chi connectivity index (χ4n) is 3.58. The number of sulfonamides is 1. The molecule has 0 bridgehead atoms. The van der Waals surface area contributed by atoms with Crippen LogP contribution in [0.5, 0.6) is 5.75 Å². The third kappa shape index (κ3) is 4.76. The van der Waals surface area contributed by atoms with E-state index < -0.39 is 22.1 Å². The van der Waals surface area contributed by atoms with Crippen molar-refractivity contribution in [1.82, 2.24) is 0 Å². The van der Waals surface area contributed by atoms with Gasteiger partial charge in [-0.25, -0.2) is 18.0 Å². The molecule has 0 radical (unpaired) electrons. The molecule has 8 nitrogen and oxygen atoms in total. The first-order chi connectivity index (χ1) is 16.7. The molecule has 1 aromatic heterocycles. The van der Waals surface area contributed by atoms with Gasteiger partial charge in [-0.05, 0) is 63.2 Å². The topological polar surface area (TPSA) is 103 Å². The van der Waals surface area contributed by atoms with Gasteiger partial charge in [-0.2, -0.15) is 4.31 Å². The van der Waals surface area contributed by atoms with Gasteiger partial charge < -0.3 is 13.9 Å². The number of carbonyl (C=O) groups excluding carboxylic acids is 2. The highest BCUT2D eigenvalue weighted by Crippen LogP contribution is 2.33. The zero-order valence-corrected chi connectivity index (χ0v) is 20.2. The quantitative estimate of drug-likeness (QED) is 0.321. The number of aryl methyl sites for hydroxylation is 2. The van der Waals surface area contributed by atoms with E-state index in [0.717, 1.165) is 5.56 Å². The van der Waals surface area contributed by atoms with E-state index in [2.05, 4.69) is 0 Å². The molecule has 0 aliphatic rings. The smallest absolute Gasteiger partial charge is 0.434 e. The number of esters is 1. The van der Waals surface area contributed by atoms with Gasteiger partial charge in [-0.15, -0.1) is 0 Å². The average molecular weight is 494 g/mol. The number of amides is 1. The van der Waals surface area contributed by atoms with Crippen molar-refractivity contribution in [2.75, 3.05) is 10.9 Å². The van der Waals surface area contributed by atoms with Crippen LogP contribution in [-0.4, -0.2) is 27.1 Å². The van der Waals surface area contributed by atoms with E-state index in [0.29, 0.717) is 21.0 Å². The number of anilines is 1. The second kappa shape index (κ2) is 9.63. The maximum absolute atomic E-state index is 13.6. The fraction of sp³-hybridized carbons (Fsp3) is 0.154. The third-order valence-corrected chi connectivity index (χ3v) is 6.94. The summed E-state index contributed by atoms with van der Waals surface area (Å²) >= 11 is 0. The Morgan fingerprint density at radius 1 is 0.943 bits per heavy atom. The molecule has 1 amide bonds. The van der Waals surface area contributed by atoms with Crippen molar-refractivity contribution in [3.05, 3.63) is 89.7 Å². The molecule has 4 aromatic rings. The SMILES string of the molecule is CCOC(=O)c1c(C)oc2ccc(N(C(=O)Oc3ccccc3)S(=O)(=O)c3ccc(C)cc3)cc12. The van der Waals surface area contributed by atoms with Crippen LogP contribution in [0.4, 0.5) is 10.5 Å². The molecule has 0 aliphatic heterocycles. The Morgan fingerprint density at radius 2 is 1.63 bits per heavy atom. The molecule has 0 spiro atoms. The van der Waals surface area contributed by atoms with Crippen molar-refractivity contribution in [1.29, 1.82) is 0 Å². The Labute approximate surface area is 202 Å². The number of benzene rings is 3. The molecule has 4 rings (SSSR count). The molecule has 0 unspecified atom stereocenters. The van der Waals surface area contributed by atoms with Gasteiger partial charge in [-0.3, -0.25) is 0 Å². The number of hydrogen-bond donors (Lipinski definition) is 0. The molecule has 0 saturated heterocycles. The van der Waals surface area contributed by atoms with Crippen LogP contribution < -0.4 is 9.04 Å². The minimum atomic E-state index is -4.38. The molecule has 3 aromatic carbocycles. The molecule has 35 heavy (non-hydrogen) atoms. The summed E-state index contributed by atoms with van der Waals surface area (Å²) in [5.74, 6) is -0.120. The Balaban J connectivity index is 1.87. The second-order valence-corrected chi connectivity index (χ2v) is 9.48. The van der Waals surface area contributed by atoms with Crippen molar-refractivity contribution < 1.29 is 31.9 Å². The fourth-order valence-corrected chi connectivity index (χ4v) is 4.90. The van der Waals surface area contributed by atoms with E-state index in [4.69, 9.17) is 13.9 Å². The number of rotatable bonds is 6. The molecule has 180 valence electrons. The normalized spacial score (nSPS) is 11.3. The van der Waals surface area contributed by atoms with E-state index in [1.165, 1.54) is 42.5 Å². The standard InChI is InChI=1S/C26H23NO7S/c1-4-32-25(28)24-18(3)33-23-15-12-19(16-22(23)24)27(26(29)34-20-8-6-5-7-9-20)35(30,31)21-13-10-17(2)11-14-21/h5-16H,4H2,1-3H3. The van der Waals surface area contributed by atoms with Gasteiger partial charge in [0.2, 0.25) is 0 Å². The summed E-state index contributed by atoms with van der Waals surface area (Å²) in [6.07, 6.45) is -1.13. The summed E-state index contributed by atoms with van der Waals surface area (Å²) in [5.41, 5.74) is 1.34. The van der Waals surface area contributed by atoms with Gasteiger partial charge in [-0.1, -0.05) is 35.9 Å². The van der Waals surface area contributed by atoms with Crippen LogP contribution in [0, 0.1) is 13.8 Å². The van der Waals surface area contributed by atoms with Crippen molar-refractivity contribution >= 4 is 38.7 Å². The number of nitrogens with zero attached hydrogens (tertiary/aromatic N) is 1. The van der Waals surface area contributed by atoms with E-state index in [9.17, 15) is 18.0 Å². The largest absolute Gasteiger partial charge is 0.462 e. The van der Waals surface area contributed by atoms with Crippen LogP contribution in [0.25, 0.3) is 11.0 Å². The lowest BCUT2D eigenvalue weighted by Gasteiger charge is -2.22. The lowest BCUT2D eigenvalue weighted by molar-refractivity contribution is 0.0526. The van der Waals surface area contributed by atoms with Crippen molar-refractivity contribution in [2.45, 2.75) is 25.7 Å². The summed E-state index contributed by atoms with van der Waals surface area (Å²) < 4.78 is 44.0. The van der Waals surface area contributed by atoms with Crippen LogP contribution in [0.2, 0.25) is 0 Å². The first-order valence-electron chi connectivity index (χ1n) is 10.8. The van der Waals surface area contributed by atoms with Gasteiger partial charge in [0.05, 0.1) is 17.2 Å². The zero-order valence-electron chi connectivity index (χ0n) is 19.3. The van der Waals surface area contributed by atoms with Crippen LogP contribution in [0.1, 0.15) is 28.6 Å². The maximum Gasteiger partial charge on any atom is 0.434 e. The number of ether oxygens (including phenoxy) is 2. The molecular formula is C26H23NO7S. The molecule has 0 atom stereocenters. The average Bonchev–Trinajstić information content (AvgIpc) is 3.15. The molecule has 1 heterocycles. The number of furan rings is 1. The highest BCUT2D eigenvalue weighted by molar-refractivity contribution is 7.93. The van der Waals surface area contributed by atoms with E-state index in [-0.39, 0.29) is 28.5 Å². The Kier molecular flexibility index (Phi) is 6.61. The number of fused-ring (bicyclic) bond motifs is 1. The van der Waals surface area contributed by atoms with Crippen molar-refractivity contribution in [3.8, 4) is 5.75 Å². The Morgan fingerprint density at radius 3 is 2.29 bits per heavy atom. The van der Waals surface area contributed by atoms with Crippen molar-refractivity contribution in [3.63, 3.8) is 0 Å². The summed E-state index contributed by atoms with van der Waals surface area (Å²) in [6, 6.07) is 18.5. The summed E-state index contributed by atoms with van der Waals surface area (Å²) in [4.78, 5) is 25.7. The molecule has 0 fully saturated rings. The molecule has 9 heteroatoms. The lowest BCUT2D eigenvalue weighted by Crippen LogP contribution is -2.39. The van der Waals surface area contributed by atoms with E-state index in [1.54, 1.807) is 44.2 Å². The zero-order chi connectivity index (χ0) is 25.2. The number of carbonyl (C=O) groups is 2. The summed E-state index contributed by atoms with van der Waals surface area (Å²) in [5, 5.41) is 0.315. The highest BCUT2D eigenvalue weighted by atomic mass is 32.2. The third-order valence-electron chi connectivity index (χ3n) is 5.24. The number of hydrogen-bond acceptors (Lipinski definition) is 7. The van der Waals surface area contributed by atoms with Gasteiger partial charge in [0.25, 0.3) is 10.0 Å². The highest BCUT2D eigenvalue weighted by Gasteiger charge is 2.34. The summed E-state index contributed by atoms with van der Waals surface area (Å²) in [7, 11) is -4.38. The first-order valence-corrected chi connectivity index (χ1v) is 12.3. The predicted molar refractivity (Wildman–Crippen MR) is 130 cm³/mol. The Hall–Kier alpha value is -4.11. The van der Waals surface area contributed by atoms with Gasteiger partial charge >= 0.3 is 12.1 Å². The van der Waals surface area contributed by atoms with E-state index in [1.807, 2.05) is 6.92 Å². The molecule has 0 N–H and O–H groups in total. The van der Waals surface area contributed by atoms with Crippen LogP contribution in [0.3, 0.4) is 0 Å². The minimum Gasteiger partial charge on any atom is -0.462 e. The lowest BCUT2D eigenvalue weighted by atomic mass is 10.1. The first kappa shape index (κ1) is 24.0. The van der Waals surface area contributed by atoms with Gasteiger partial charge in [0, 0.05) is 5.39 Å². The second-order valence-electron chi connectivity index (χ2n) is 7.70. The predicted octanol–water partition coefficient (Wildman–Crippen LogP) is 5.62. The van der Waals surface area contributed by atoms with E-state index >= 15 is 0 Å². The monoisotopic (exact) mass is 493 g/mol. The van der Waals surface area contributed by atoms with Crippen LogP contribution in [-0.2, 0) is 14.8 Å². The molecular weight excluding hydrogens is 470 g/mol. The van der Waals surface area contributed by atoms with Crippen molar-refractivity contribution in [2.24, 2.45) is 0 Å². The van der Waals surface area contributed by atoms with Gasteiger partial charge in [0.1, 0.15) is 22.7 Å².